The maximum atomic E-state index is 5.33. The first-order chi connectivity index (χ1) is 10.3. The maximum absolute atomic E-state index is 5.33. The summed E-state index contributed by atoms with van der Waals surface area (Å²) in [7, 11) is 1.72. The van der Waals surface area contributed by atoms with Crippen LogP contribution in [0.2, 0.25) is 0 Å². The second kappa shape index (κ2) is 6.63. The minimum absolute atomic E-state index is 0.663. The van der Waals surface area contributed by atoms with Crippen LogP contribution in [0.15, 0.2) is 53.0 Å². The highest BCUT2D eigenvalue weighted by Crippen LogP contribution is 2.30. The van der Waals surface area contributed by atoms with Crippen LogP contribution in [0.4, 0.5) is 0 Å². The quantitative estimate of drug-likeness (QED) is 0.811. The topological polar surface area (TPSA) is 12.5 Å². The molecule has 110 valence electrons. The monoisotopic (exact) mass is 345 g/mol. The van der Waals surface area contributed by atoms with Crippen molar-refractivity contribution in [2.75, 3.05) is 20.2 Å². The van der Waals surface area contributed by atoms with E-state index in [0.717, 1.165) is 29.9 Å². The van der Waals surface area contributed by atoms with Crippen LogP contribution in [0.1, 0.15) is 23.5 Å². The second-order valence-corrected chi connectivity index (χ2v) is 6.44. The molecule has 0 saturated carbocycles. The summed E-state index contributed by atoms with van der Waals surface area (Å²) < 4.78 is 6.48. The molecular formula is C18H20BrNO. The first kappa shape index (κ1) is 14.6. The normalized spacial score (nSPS) is 18.9. The molecule has 1 saturated heterocycles. The van der Waals surface area contributed by atoms with E-state index in [1.807, 2.05) is 6.07 Å². The Kier molecular flexibility index (Phi) is 4.61. The zero-order chi connectivity index (χ0) is 14.7. The van der Waals surface area contributed by atoms with Crippen LogP contribution < -0.4 is 4.74 Å². The van der Waals surface area contributed by atoms with E-state index in [2.05, 4.69) is 63.3 Å². The first-order valence-electron chi connectivity index (χ1n) is 7.36. The predicted molar refractivity (Wildman–Crippen MR) is 89.8 cm³/mol. The standard InChI is InChI=1S/C18H20BrNO/c1-21-17-7-8-18(19)16(11-17)13-20-10-9-15(12-20)14-5-3-2-4-6-14/h2-8,11,15H,9-10,12-13H2,1H3. The molecule has 0 N–H and O–H groups in total. The summed E-state index contributed by atoms with van der Waals surface area (Å²) in [4.78, 5) is 2.52. The molecule has 2 nitrogen and oxygen atoms in total. The summed E-state index contributed by atoms with van der Waals surface area (Å²) in [5.41, 5.74) is 2.76. The molecule has 1 unspecified atom stereocenters. The molecule has 0 aliphatic carbocycles. The molecule has 1 aliphatic heterocycles. The molecule has 2 aromatic carbocycles. The molecule has 3 rings (SSSR count). The van der Waals surface area contributed by atoms with Gasteiger partial charge in [-0.15, -0.1) is 0 Å². The maximum Gasteiger partial charge on any atom is 0.119 e. The Hall–Kier alpha value is -1.32. The van der Waals surface area contributed by atoms with Crippen molar-refractivity contribution in [2.24, 2.45) is 0 Å². The van der Waals surface area contributed by atoms with Gasteiger partial charge in [-0.05, 0) is 48.2 Å². The van der Waals surface area contributed by atoms with E-state index in [-0.39, 0.29) is 0 Å². The van der Waals surface area contributed by atoms with Gasteiger partial charge in [0.1, 0.15) is 5.75 Å². The van der Waals surface area contributed by atoms with Crippen molar-refractivity contribution in [3.63, 3.8) is 0 Å². The van der Waals surface area contributed by atoms with Crippen molar-refractivity contribution in [1.82, 2.24) is 4.90 Å². The van der Waals surface area contributed by atoms with Gasteiger partial charge in [-0.25, -0.2) is 0 Å². The number of rotatable bonds is 4. The average molecular weight is 346 g/mol. The lowest BCUT2D eigenvalue weighted by Crippen LogP contribution is -2.20. The zero-order valence-electron chi connectivity index (χ0n) is 12.3. The van der Waals surface area contributed by atoms with E-state index < -0.39 is 0 Å². The molecule has 21 heavy (non-hydrogen) atoms. The summed E-state index contributed by atoms with van der Waals surface area (Å²) >= 11 is 3.64. The SMILES string of the molecule is COc1ccc(Br)c(CN2CCC(c3ccccc3)C2)c1. The van der Waals surface area contributed by atoms with E-state index in [1.165, 1.54) is 17.5 Å². The Bertz CT molecular complexity index is 599. The molecule has 0 spiro atoms. The summed E-state index contributed by atoms with van der Waals surface area (Å²) in [6.45, 7) is 3.26. The van der Waals surface area contributed by atoms with Crippen molar-refractivity contribution in [1.29, 1.82) is 0 Å². The van der Waals surface area contributed by atoms with Crippen LogP contribution in [-0.4, -0.2) is 25.1 Å². The fourth-order valence-electron chi connectivity index (χ4n) is 3.01. The summed E-state index contributed by atoms with van der Waals surface area (Å²) in [5.74, 6) is 1.59. The van der Waals surface area contributed by atoms with Crippen LogP contribution in [0, 0.1) is 0 Å². The van der Waals surface area contributed by atoms with Crippen molar-refractivity contribution < 1.29 is 4.74 Å². The van der Waals surface area contributed by atoms with Gasteiger partial charge in [-0.3, -0.25) is 4.90 Å². The van der Waals surface area contributed by atoms with Gasteiger partial charge >= 0.3 is 0 Å². The van der Waals surface area contributed by atoms with Crippen LogP contribution in [0.3, 0.4) is 0 Å². The van der Waals surface area contributed by atoms with Gasteiger partial charge in [0.25, 0.3) is 0 Å². The largest absolute Gasteiger partial charge is 0.497 e. The molecule has 2 aromatic rings. The third-order valence-electron chi connectivity index (χ3n) is 4.19. The van der Waals surface area contributed by atoms with Crippen LogP contribution in [0.5, 0.6) is 5.75 Å². The fourth-order valence-corrected chi connectivity index (χ4v) is 3.39. The van der Waals surface area contributed by atoms with Gasteiger partial charge in [0.2, 0.25) is 0 Å². The van der Waals surface area contributed by atoms with E-state index in [1.54, 1.807) is 7.11 Å². The Morgan fingerprint density at radius 3 is 2.76 bits per heavy atom. The second-order valence-electron chi connectivity index (χ2n) is 5.59. The number of halogens is 1. The predicted octanol–water partition coefficient (Wildman–Crippen LogP) is 4.45. The Morgan fingerprint density at radius 1 is 1.19 bits per heavy atom. The molecular weight excluding hydrogens is 326 g/mol. The first-order valence-corrected chi connectivity index (χ1v) is 8.15. The van der Waals surface area contributed by atoms with Gasteiger partial charge in [0, 0.05) is 17.6 Å². The average Bonchev–Trinajstić information content (AvgIpc) is 2.99. The number of methoxy groups -OCH3 is 1. The highest BCUT2D eigenvalue weighted by molar-refractivity contribution is 9.10. The summed E-state index contributed by atoms with van der Waals surface area (Å²) in [5, 5.41) is 0. The molecule has 1 heterocycles. The molecule has 1 fully saturated rings. The van der Waals surface area contributed by atoms with Gasteiger partial charge in [0.05, 0.1) is 7.11 Å². The third-order valence-corrected chi connectivity index (χ3v) is 4.96. The van der Waals surface area contributed by atoms with Crippen LogP contribution in [-0.2, 0) is 6.54 Å². The lowest BCUT2D eigenvalue weighted by molar-refractivity contribution is 0.325. The molecule has 0 amide bonds. The lowest BCUT2D eigenvalue weighted by Gasteiger charge is -2.18. The molecule has 1 aliphatic rings. The highest BCUT2D eigenvalue weighted by Gasteiger charge is 2.24. The summed E-state index contributed by atoms with van der Waals surface area (Å²) in [6, 6.07) is 17.0. The molecule has 0 radical (unpaired) electrons. The highest BCUT2D eigenvalue weighted by atomic mass is 79.9. The Morgan fingerprint density at radius 2 is 2.00 bits per heavy atom. The number of nitrogens with zero attached hydrogens (tertiary/aromatic N) is 1. The van der Waals surface area contributed by atoms with Crippen molar-refractivity contribution in [3.8, 4) is 5.75 Å². The van der Waals surface area contributed by atoms with E-state index in [0.29, 0.717) is 5.92 Å². The van der Waals surface area contributed by atoms with Crippen molar-refractivity contribution in [3.05, 3.63) is 64.1 Å². The third kappa shape index (κ3) is 3.47. The Balaban J connectivity index is 1.67. The van der Waals surface area contributed by atoms with Gasteiger partial charge in [0.15, 0.2) is 0 Å². The number of ether oxygens (including phenoxy) is 1. The van der Waals surface area contributed by atoms with E-state index in [4.69, 9.17) is 4.74 Å². The number of likely N-dealkylation sites (tertiary alicyclic amines) is 1. The number of hydrogen-bond donors (Lipinski definition) is 0. The molecule has 0 aromatic heterocycles. The number of hydrogen-bond acceptors (Lipinski definition) is 2. The van der Waals surface area contributed by atoms with Crippen molar-refractivity contribution in [2.45, 2.75) is 18.9 Å². The van der Waals surface area contributed by atoms with E-state index >= 15 is 0 Å². The van der Waals surface area contributed by atoms with E-state index in [9.17, 15) is 0 Å². The Labute approximate surface area is 134 Å². The fraction of sp³-hybridized carbons (Fsp3) is 0.333. The molecule has 0 bridgehead atoms. The minimum atomic E-state index is 0.663. The summed E-state index contributed by atoms with van der Waals surface area (Å²) in [6.07, 6.45) is 1.24. The zero-order valence-corrected chi connectivity index (χ0v) is 13.8. The van der Waals surface area contributed by atoms with Crippen molar-refractivity contribution >= 4 is 15.9 Å². The van der Waals surface area contributed by atoms with Crippen LogP contribution >= 0.6 is 15.9 Å². The van der Waals surface area contributed by atoms with Gasteiger partial charge in [-0.2, -0.15) is 0 Å². The van der Waals surface area contributed by atoms with Gasteiger partial charge < -0.3 is 4.74 Å². The lowest BCUT2D eigenvalue weighted by atomic mass is 9.99. The van der Waals surface area contributed by atoms with Crippen LogP contribution in [0.25, 0.3) is 0 Å². The smallest absolute Gasteiger partial charge is 0.119 e. The molecule has 1 atom stereocenters. The number of benzene rings is 2. The molecule has 3 heteroatoms. The minimum Gasteiger partial charge on any atom is -0.497 e. The van der Waals surface area contributed by atoms with Gasteiger partial charge in [-0.1, -0.05) is 46.3 Å².